The van der Waals surface area contributed by atoms with E-state index in [1.165, 1.54) is 38.5 Å². The Balaban J connectivity index is 2.53. The number of rotatable bonds is 37. The monoisotopic (exact) mass is 901 g/mol. The van der Waals surface area contributed by atoms with Crippen LogP contribution in [0.25, 0.3) is 0 Å². The minimum Gasteiger partial charge on any atom is -0.462 e. The second kappa shape index (κ2) is 36.8. The molecule has 0 aromatic carbocycles. The lowest BCUT2D eigenvalue weighted by molar-refractivity contribution is -0.220. The van der Waals surface area contributed by atoms with Gasteiger partial charge in [-0.3, -0.25) is 18.6 Å². The number of phosphoric acid groups is 1. The summed E-state index contributed by atoms with van der Waals surface area (Å²) < 4.78 is 33.4. The van der Waals surface area contributed by atoms with Crippen molar-refractivity contribution in [1.29, 1.82) is 0 Å². The molecule has 0 aromatic rings. The van der Waals surface area contributed by atoms with Crippen LogP contribution in [-0.4, -0.2) is 110 Å². The van der Waals surface area contributed by atoms with Crippen LogP contribution in [0.1, 0.15) is 162 Å². The summed E-state index contributed by atoms with van der Waals surface area (Å²) in [7, 11) is -5.15. The summed E-state index contributed by atoms with van der Waals surface area (Å²) in [4.78, 5) is 35.7. The highest BCUT2D eigenvalue weighted by Gasteiger charge is 2.51. The van der Waals surface area contributed by atoms with Crippen molar-refractivity contribution in [2.45, 2.75) is 210 Å². The Bertz CT molecular complexity index is 1330. The SMILES string of the molecule is CCCCCCCC/C=C\CCCCCCCC(=O)OC[C@H](COP(=O)(O)OC1[C@H](O)[C@H](O)C(O)[C@H](O)[C@H]1O)OC(=O)CCC/C=C\C/C=C\C/C=C\C/C=C\[C@H](O)CCCC. The fourth-order valence-electron chi connectivity index (χ4n) is 6.59. The highest BCUT2D eigenvalue weighted by molar-refractivity contribution is 7.47. The van der Waals surface area contributed by atoms with E-state index in [0.29, 0.717) is 19.3 Å². The first kappa shape index (κ1) is 57.5. The van der Waals surface area contributed by atoms with Gasteiger partial charge in [0.2, 0.25) is 0 Å². The number of allylic oxidation sites excluding steroid dienone is 9. The second-order valence-corrected chi connectivity index (χ2v) is 17.5. The second-order valence-electron chi connectivity index (χ2n) is 16.1. The Hall–Kier alpha value is -2.49. The van der Waals surface area contributed by atoms with Crippen LogP contribution in [-0.2, 0) is 32.7 Å². The fourth-order valence-corrected chi connectivity index (χ4v) is 7.56. The van der Waals surface area contributed by atoms with Crippen LogP contribution in [0.2, 0.25) is 0 Å². The fraction of sp³-hybridized carbons (Fsp3) is 0.745. The number of hydrogen-bond acceptors (Lipinski definition) is 13. The van der Waals surface area contributed by atoms with Crippen molar-refractivity contribution in [2.75, 3.05) is 13.2 Å². The number of ether oxygens (including phenoxy) is 2. The molecule has 1 rings (SSSR count). The van der Waals surface area contributed by atoms with Crippen molar-refractivity contribution in [1.82, 2.24) is 0 Å². The third-order valence-corrected chi connectivity index (χ3v) is 11.4. The molecule has 0 aliphatic heterocycles. The summed E-state index contributed by atoms with van der Waals surface area (Å²) in [5, 5.41) is 60.0. The molecular formula is C47H81O14P. The smallest absolute Gasteiger partial charge is 0.462 e. The van der Waals surface area contributed by atoms with Crippen molar-refractivity contribution in [3.8, 4) is 0 Å². The molecule has 1 aliphatic rings. The van der Waals surface area contributed by atoms with Crippen molar-refractivity contribution in [2.24, 2.45) is 0 Å². The van der Waals surface area contributed by atoms with Gasteiger partial charge in [-0.15, -0.1) is 0 Å². The highest BCUT2D eigenvalue weighted by atomic mass is 31.2. The van der Waals surface area contributed by atoms with Gasteiger partial charge >= 0.3 is 19.8 Å². The van der Waals surface area contributed by atoms with Gasteiger partial charge in [-0.25, -0.2) is 4.57 Å². The van der Waals surface area contributed by atoms with Crippen molar-refractivity contribution < 1.29 is 68.2 Å². The number of esters is 2. The normalized spacial score (nSPS) is 22.9. The summed E-state index contributed by atoms with van der Waals surface area (Å²) in [5.41, 5.74) is 0. The number of carbonyl (C=O) groups excluding carboxylic acids is 2. The van der Waals surface area contributed by atoms with E-state index in [4.69, 9.17) is 18.5 Å². The van der Waals surface area contributed by atoms with Gasteiger partial charge in [0.15, 0.2) is 6.10 Å². The summed E-state index contributed by atoms with van der Waals surface area (Å²) >= 11 is 0. The van der Waals surface area contributed by atoms with Crippen LogP contribution in [0.3, 0.4) is 0 Å². The molecule has 1 fully saturated rings. The summed E-state index contributed by atoms with van der Waals surface area (Å²) in [6, 6.07) is 0. The number of hydrogen-bond donors (Lipinski definition) is 7. The molecule has 358 valence electrons. The summed E-state index contributed by atoms with van der Waals surface area (Å²) in [5.74, 6) is -1.20. The molecule has 0 bridgehead atoms. The number of carbonyl (C=O) groups is 2. The Kier molecular flexibility index (Phi) is 34.2. The predicted molar refractivity (Wildman–Crippen MR) is 241 cm³/mol. The van der Waals surface area contributed by atoms with E-state index in [1.54, 1.807) is 0 Å². The highest BCUT2D eigenvalue weighted by Crippen LogP contribution is 2.47. The number of phosphoric ester groups is 1. The third kappa shape index (κ3) is 29.1. The molecule has 0 amide bonds. The topological polar surface area (TPSA) is 230 Å². The number of aliphatic hydroxyl groups excluding tert-OH is 6. The predicted octanol–water partition coefficient (Wildman–Crippen LogP) is 7.92. The zero-order valence-electron chi connectivity index (χ0n) is 37.5. The van der Waals surface area contributed by atoms with Crippen molar-refractivity contribution in [3.05, 3.63) is 60.8 Å². The largest absolute Gasteiger partial charge is 0.472 e. The molecule has 1 aliphatic carbocycles. The van der Waals surface area contributed by atoms with Gasteiger partial charge in [0, 0.05) is 12.8 Å². The lowest BCUT2D eigenvalue weighted by Gasteiger charge is -2.41. The zero-order chi connectivity index (χ0) is 45.9. The average molecular weight is 901 g/mol. The molecule has 0 aromatic heterocycles. The maximum absolute atomic E-state index is 12.8. The Morgan fingerprint density at radius 3 is 1.63 bits per heavy atom. The van der Waals surface area contributed by atoms with Crippen LogP contribution in [0, 0.1) is 0 Å². The van der Waals surface area contributed by atoms with Crippen LogP contribution < -0.4 is 0 Å². The Morgan fingerprint density at radius 2 is 1.03 bits per heavy atom. The number of aliphatic hydroxyl groups is 6. The van der Waals surface area contributed by atoms with Gasteiger partial charge in [-0.1, -0.05) is 139 Å². The molecule has 14 nitrogen and oxygen atoms in total. The maximum atomic E-state index is 12.8. The van der Waals surface area contributed by atoms with E-state index >= 15 is 0 Å². The molecule has 62 heavy (non-hydrogen) atoms. The molecule has 9 atom stereocenters. The molecule has 15 heteroatoms. The van der Waals surface area contributed by atoms with E-state index < -0.39 is 75.7 Å². The first-order valence-electron chi connectivity index (χ1n) is 23.2. The molecule has 0 spiro atoms. The Labute approximate surface area is 371 Å². The average Bonchev–Trinajstić information content (AvgIpc) is 3.25. The minimum absolute atomic E-state index is 0.000261. The molecule has 0 heterocycles. The van der Waals surface area contributed by atoms with Crippen LogP contribution >= 0.6 is 7.82 Å². The van der Waals surface area contributed by atoms with Gasteiger partial charge in [0.25, 0.3) is 0 Å². The van der Waals surface area contributed by atoms with Crippen LogP contribution in [0.4, 0.5) is 0 Å². The van der Waals surface area contributed by atoms with Gasteiger partial charge < -0.3 is 45.0 Å². The summed E-state index contributed by atoms with van der Waals surface area (Å²) in [6.07, 6.45) is 27.5. The maximum Gasteiger partial charge on any atom is 0.472 e. The van der Waals surface area contributed by atoms with E-state index in [-0.39, 0.29) is 18.9 Å². The zero-order valence-corrected chi connectivity index (χ0v) is 38.4. The molecular weight excluding hydrogens is 819 g/mol. The van der Waals surface area contributed by atoms with E-state index in [1.807, 2.05) is 30.4 Å². The van der Waals surface area contributed by atoms with Crippen molar-refractivity contribution in [3.63, 3.8) is 0 Å². The number of unbranched alkanes of at least 4 members (excludes halogenated alkanes) is 13. The van der Waals surface area contributed by atoms with E-state index in [9.17, 15) is 49.7 Å². The Morgan fingerprint density at radius 1 is 0.565 bits per heavy atom. The quantitative estimate of drug-likeness (QED) is 0.0136. The van der Waals surface area contributed by atoms with Crippen LogP contribution in [0.5, 0.6) is 0 Å². The first-order valence-corrected chi connectivity index (χ1v) is 24.7. The molecule has 0 radical (unpaired) electrons. The van der Waals surface area contributed by atoms with Crippen LogP contribution in [0.15, 0.2) is 60.8 Å². The lowest BCUT2D eigenvalue weighted by atomic mass is 9.85. The standard InChI is InChI=1S/C47H81O14P/c1-3-5-7-8-9-10-11-12-13-14-18-21-24-27-30-34-40(49)58-36-39(37-59-62(56,57)61-47-45(54)43(52)42(51)44(53)46(47)55)60-41(50)35-31-28-25-22-19-16-15-17-20-23-26-29-33-38(48)32-6-4-2/h12-13,15-16,20,22-23,25,29,33,38-39,42-48,51-55H,3-11,14,17-19,21,24,26-28,30-32,34-37H2,1-2H3,(H,56,57)/b13-12-,16-15-,23-20-,25-22-,33-29-/t38-,39-,42?,43-,44+,45-,46-,47?/m1/s1. The van der Waals surface area contributed by atoms with Gasteiger partial charge in [0.1, 0.15) is 43.2 Å². The molecule has 1 saturated carbocycles. The van der Waals surface area contributed by atoms with Crippen molar-refractivity contribution >= 4 is 19.8 Å². The summed E-state index contributed by atoms with van der Waals surface area (Å²) in [6.45, 7) is 3.08. The van der Waals surface area contributed by atoms with E-state index in [0.717, 1.165) is 77.0 Å². The van der Waals surface area contributed by atoms with Gasteiger partial charge in [0.05, 0.1) is 12.7 Å². The lowest BCUT2D eigenvalue weighted by Crippen LogP contribution is -2.64. The first-order chi connectivity index (χ1) is 29.8. The molecule has 0 saturated heterocycles. The molecule has 3 unspecified atom stereocenters. The minimum atomic E-state index is -5.15. The van der Waals surface area contributed by atoms with Gasteiger partial charge in [-0.05, 0) is 70.6 Å². The van der Waals surface area contributed by atoms with Gasteiger partial charge in [-0.2, -0.15) is 0 Å². The van der Waals surface area contributed by atoms with E-state index in [2.05, 4.69) is 44.2 Å². The third-order valence-electron chi connectivity index (χ3n) is 10.4. The molecule has 7 N–H and O–H groups in total.